The summed E-state index contributed by atoms with van der Waals surface area (Å²) in [6, 6.07) is 0. The first-order valence-corrected chi connectivity index (χ1v) is 6.79. The third kappa shape index (κ3) is 1.32. The molecule has 2 aliphatic carbocycles. The molecule has 0 aromatic carbocycles. The molecular weight excluding hydrogens is 184 g/mol. The maximum absolute atomic E-state index is 6.06. The van der Waals surface area contributed by atoms with E-state index in [4.69, 9.17) is 4.74 Å². The van der Waals surface area contributed by atoms with Crippen LogP contribution in [-0.4, -0.2) is 12.2 Å². The highest BCUT2D eigenvalue weighted by Gasteiger charge is 2.56. The van der Waals surface area contributed by atoms with Gasteiger partial charge in [0.15, 0.2) is 0 Å². The summed E-state index contributed by atoms with van der Waals surface area (Å²) in [6.07, 6.45) is 9.94. The van der Waals surface area contributed by atoms with Gasteiger partial charge in [0.2, 0.25) is 0 Å². The normalized spacial score (nSPS) is 54.8. The van der Waals surface area contributed by atoms with Crippen LogP contribution in [0.3, 0.4) is 0 Å². The highest BCUT2D eigenvalue weighted by Crippen LogP contribution is 2.60. The van der Waals surface area contributed by atoms with Crippen molar-refractivity contribution < 1.29 is 4.74 Å². The van der Waals surface area contributed by atoms with Gasteiger partial charge < -0.3 is 4.74 Å². The van der Waals surface area contributed by atoms with Crippen LogP contribution in [0.2, 0.25) is 0 Å². The van der Waals surface area contributed by atoms with Crippen LogP contribution in [0.5, 0.6) is 0 Å². The molecule has 0 spiro atoms. The van der Waals surface area contributed by atoms with Gasteiger partial charge in [0, 0.05) is 6.61 Å². The average Bonchev–Trinajstić information content (AvgIpc) is 2.61. The Balaban J connectivity index is 1.93. The van der Waals surface area contributed by atoms with Crippen LogP contribution in [0, 0.1) is 17.3 Å². The lowest BCUT2D eigenvalue weighted by molar-refractivity contribution is -0.114. The quantitative estimate of drug-likeness (QED) is 0.589. The maximum atomic E-state index is 6.06. The van der Waals surface area contributed by atoms with E-state index >= 15 is 0 Å². The molecule has 3 aliphatic rings. The molecule has 1 aliphatic heterocycles. The second kappa shape index (κ2) is 3.23. The van der Waals surface area contributed by atoms with Crippen LogP contribution in [0.25, 0.3) is 0 Å². The fourth-order valence-corrected chi connectivity index (χ4v) is 4.91. The molecule has 3 rings (SSSR count). The van der Waals surface area contributed by atoms with Gasteiger partial charge in [0.1, 0.15) is 0 Å². The molecule has 1 heterocycles. The predicted octanol–water partition coefficient (Wildman–Crippen LogP) is 3.77. The SMILES string of the molecule is C[C@]12CCCC[C@@H]1CC[C@@]1(C)OCC[C@H]21. The van der Waals surface area contributed by atoms with E-state index in [9.17, 15) is 0 Å². The van der Waals surface area contributed by atoms with Crippen molar-refractivity contribution in [3.63, 3.8) is 0 Å². The summed E-state index contributed by atoms with van der Waals surface area (Å²) in [5, 5.41) is 0. The monoisotopic (exact) mass is 208 g/mol. The first-order chi connectivity index (χ1) is 7.15. The van der Waals surface area contributed by atoms with Gasteiger partial charge in [0.25, 0.3) is 0 Å². The van der Waals surface area contributed by atoms with Crippen LogP contribution >= 0.6 is 0 Å². The van der Waals surface area contributed by atoms with Gasteiger partial charge in [-0.3, -0.25) is 0 Å². The van der Waals surface area contributed by atoms with Crippen molar-refractivity contribution in [1.29, 1.82) is 0 Å². The van der Waals surface area contributed by atoms with E-state index in [0.29, 0.717) is 5.41 Å². The Hall–Kier alpha value is -0.0400. The lowest BCUT2D eigenvalue weighted by atomic mass is 9.51. The molecule has 0 bridgehead atoms. The predicted molar refractivity (Wildman–Crippen MR) is 61.8 cm³/mol. The van der Waals surface area contributed by atoms with Crippen LogP contribution in [-0.2, 0) is 4.74 Å². The van der Waals surface area contributed by atoms with Crippen molar-refractivity contribution in [2.45, 2.75) is 64.4 Å². The Bertz CT molecular complexity index is 262. The first-order valence-electron chi connectivity index (χ1n) is 6.79. The third-order valence-electron chi connectivity index (χ3n) is 5.81. The molecule has 0 unspecified atom stereocenters. The van der Waals surface area contributed by atoms with Crippen molar-refractivity contribution >= 4 is 0 Å². The van der Waals surface area contributed by atoms with Crippen molar-refractivity contribution in [1.82, 2.24) is 0 Å². The Kier molecular flexibility index (Phi) is 2.18. The third-order valence-corrected chi connectivity index (χ3v) is 5.81. The first kappa shape index (κ1) is 10.1. The zero-order chi connectivity index (χ0) is 10.5. The van der Waals surface area contributed by atoms with Gasteiger partial charge in [-0.2, -0.15) is 0 Å². The smallest absolute Gasteiger partial charge is 0.0688 e. The van der Waals surface area contributed by atoms with Gasteiger partial charge >= 0.3 is 0 Å². The molecule has 86 valence electrons. The van der Waals surface area contributed by atoms with Crippen molar-refractivity contribution in [2.24, 2.45) is 17.3 Å². The van der Waals surface area contributed by atoms with Crippen LogP contribution in [0.1, 0.15) is 58.8 Å². The zero-order valence-electron chi connectivity index (χ0n) is 10.2. The van der Waals surface area contributed by atoms with Gasteiger partial charge in [-0.15, -0.1) is 0 Å². The number of fused-ring (bicyclic) bond motifs is 3. The number of ether oxygens (including phenoxy) is 1. The van der Waals surface area contributed by atoms with E-state index in [1.54, 1.807) is 0 Å². The molecule has 1 nitrogen and oxygen atoms in total. The average molecular weight is 208 g/mol. The fourth-order valence-electron chi connectivity index (χ4n) is 4.91. The molecule has 4 atom stereocenters. The molecule has 0 N–H and O–H groups in total. The molecule has 0 aromatic heterocycles. The molecule has 0 radical (unpaired) electrons. The van der Waals surface area contributed by atoms with E-state index in [1.165, 1.54) is 44.9 Å². The highest BCUT2D eigenvalue weighted by molar-refractivity contribution is 5.06. The summed E-state index contributed by atoms with van der Waals surface area (Å²) in [7, 11) is 0. The van der Waals surface area contributed by atoms with E-state index < -0.39 is 0 Å². The largest absolute Gasteiger partial charge is 0.375 e. The van der Waals surface area contributed by atoms with E-state index in [2.05, 4.69) is 13.8 Å². The number of hydrogen-bond acceptors (Lipinski definition) is 1. The number of hydrogen-bond donors (Lipinski definition) is 0. The van der Waals surface area contributed by atoms with Gasteiger partial charge in [-0.05, 0) is 56.3 Å². The molecule has 2 saturated carbocycles. The summed E-state index contributed by atoms with van der Waals surface area (Å²) >= 11 is 0. The standard InChI is InChI=1S/C14H24O/c1-13-8-4-3-5-11(13)6-9-14(2)12(13)7-10-15-14/h11-12H,3-10H2,1-2H3/t11-,12-,13+,14-/m1/s1. The highest BCUT2D eigenvalue weighted by atomic mass is 16.5. The van der Waals surface area contributed by atoms with E-state index in [-0.39, 0.29) is 5.60 Å². The summed E-state index contributed by atoms with van der Waals surface area (Å²) in [5.74, 6) is 1.86. The summed E-state index contributed by atoms with van der Waals surface area (Å²) in [4.78, 5) is 0. The zero-order valence-corrected chi connectivity index (χ0v) is 10.2. The van der Waals surface area contributed by atoms with Gasteiger partial charge in [0.05, 0.1) is 5.60 Å². The lowest BCUT2D eigenvalue weighted by Crippen LogP contribution is -2.51. The minimum Gasteiger partial charge on any atom is -0.375 e. The number of rotatable bonds is 0. The fraction of sp³-hybridized carbons (Fsp3) is 1.00. The van der Waals surface area contributed by atoms with E-state index in [0.717, 1.165) is 18.4 Å². The summed E-state index contributed by atoms with van der Waals surface area (Å²) < 4.78 is 6.06. The van der Waals surface area contributed by atoms with E-state index in [1.807, 2.05) is 0 Å². The molecule has 15 heavy (non-hydrogen) atoms. The molecule has 1 saturated heterocycles. The maximum Gasteiger partial charge on any atom is 0.0688 e. The minimum atomic E-state index is 0.239. The Morgan fingerprint density at radius 3 is 2.73 bits per heavy atom. The Morgan fingerprint density at radius 2 is 1.87 bits per heavy atom. The Morgan fingerprint density at radius 1 is 1.00 bits per heavy atom. The van der Waals surface area contributed by atoms with Crippen LogP contribution in [0.15, 0.2) is 0 Å². The second-order valence-corrected chi connectivity index (χ2v) is 6.49. The summed E-state index contributed by atoms with van der Waals surface area (Å²) in [5.41, 5.74) is 0.852. The van der Waals surface area contributed by atoms with Crippen LogP contribution < -0.4 is 0 Å². The van der Waals surface area contributed by atoms with Gasteiger partial charge in [-0.25, -0.2) is 0 Å². The topological polar surface area (TPSA) is 9.23 Å². The van der Waals surface area contributed by atoms with Crippen molar-refractivity contribution in [3.8, 4) is 0 Å². The molecule has 3 fully saturated rings. The molecular formula is C14H24O. The molecule has 1 heteroatoms. The van der Waals surface area contributed by atoms with Crippen molar-refractivity contribution in [2.75, 3.05) is 6.61 Å². The second-order valence-electron chi connectivity index (χ2n) is 6.49. The summed E-state index contributed by atoms with van der Waals surface area (Å²) in [6.45, 7) is 5.96. The van der Waals surface area contributed by atoms with Crippen LogP contribution in [0.4, 0.5) is 0 Å². The molecule has 0 amide bonds. The van der Waals surface area contributed by atoms with Crippen molar-refractivity contribution in [3.05, 3.63) is 0 Å². The lowest BCUT2D eigenvalue weighted by Gasteiger charge is -2.55. The molecule has 0 aromatic rings. The van der Waals surface area contributed by atoms with Gasteiger partial charge in [-0.1, -0.05) is 19.8 Å². The minimum absolute atomic E-state index is 0.239. The Labute approximate surface area is 93.6 Å².